The van der Waals surface area contributed by atoms with Crippen LogP contribution in [-0.2, 0) is 16.0 Å². The molecule has 1 aliphatic rings. The Labute approximate surface area is 136 Å². The Hall–Kier alpha value is -2.17. The first kappa shape index (κ1) is 17.2. The summed E-state index contributed by atoms with van der Waals surface area (Å²) in [5, 5.41) is 2.84. The SMILES string of the molecule is C=C(C)CNC(=O)[C@H]1CCC(=O)N(CCc2cccc(F)c2)C1. The van der Waals surface area contributed by atoms with E-state index < -0.39 is 0 Å². The Morgan fingerprint density at radius 3 is 2.96 bits per heavy atom. The molecule has 1 N–H and O–H groups in total. The van der Waals surface area contributed by atoms with Crippen LogP contribution in [0.3, 0.4) is 0 Å². The van der Waals surface area contributed by atoms with Crippen molar-refractivity contribution in [2.45, 2.75) is 26.2 Å². The lowest BCUT2D eigenvalue weighted by Gasteiger charge is -2.32. The number of amides is 2. The smallest absolute Gasteiger partial charge is 0.225 e. The third-order valence-corrected chi connectivity index (χ3v) is 3.99. The molecule has 23 heavy (non-hydrogen) atoms. The summed E-state index contributed by atoms with van der Waals surface area (Å²) in [6.07, 6.45) is 1.55. The van der Waals surface area contributed by atoms with Gasteiger partial charge in [0.2, 0.25) is 11.8 Å². The fraction of sp³-hybridized carbons (Fsp3) is 0.444. The number of benzene rings is 1. The van der Waals surface area contributed by atoms with Gasteiger partial charge >= 0.3 is 0 Å². The van der Waals surface area contributed by atoms with Gasteiger partial charge in [0, 0.05) is 26.1 Å². The normalized spacial score (nSPS) is 17.9. The molecule has 4 nitrogen and oxygen atoms in total. The molecular weight excluding hydrogens is 295 g/mol. The van der Waals surface area contributed by atoms with Crippen LogP contribution in [0.2, 0.25) is 0 Å². The van der Waals surface area contributed by atoms with Crippen molar-refractivity contribution >= 4 is 11.8 Å². The number of nitrogens with zero attached hydrogens (tertiary/aromatic N) is 1. The molecule has 1 atom stereocenters. The molecule has 2 rings (SSSR count). The Morgan fingerprint density at radius 2 is 2.26 bits per heavy atom. The molecule has 1 heterocycles. The molecule has 1 aromatic rings. The maximum absolute atomic E-state index is 13.2. The van der Waals surface area contributed by atoms with Gasteiger partial charge in [0.05, 0.1) is 5.92 Å². The van der Waals surface area contributed by atoms with Crippen LogP contribution >= 0.6 is 0 Å². The highest BCUT2D eigenvalue weighted by Crippen LogP contribution is 2.18. The van der Waals surface area contributed by atoms with E-state index in [0.29, 0.717) is 38.9 Å². The second-order valence-electron chi connectivity index (χ2n) is 6.13. The summed E-state index contributed by atoms with van der Waals surface area (Å²) in [6.45, 7) is 7.01. The van der Waals surface area contributed by atoms with Crippen LogP contribution in [0.1, 0.15) is 25.3 Å². The van der Waals surface area contributed by atoms with E-state index in [1.165, 1.54) is 12.1 Å². The van der Waals surface area contributed by atoms with Gasteiger partial charge in [-0.05, 0) is 37.5 Å². The van der Waals surface area contributed by atoms with Crippen molar-refractivity contribution < 1.29 is 14.0 Å². The van der Waals surface area contributed by atoms with Gasteiger partial charge in [0.1, 0.15) is 5.82 Å². The first-order chi connectivity index (χ1) is 11.0. The lowest BCUT2D eigenvalue weighted by Crippen LogP contribution is -2.46. The molecule has 0 saturated carbocycles. The predicted octanol–water partition coefficient (Wildman–Crippen LogP) is 2.30. The highest BCUT2D eigenvalue weighted by molar-refractivity contribution is 5.83. The number of halogens is 1. The maximum atomic E-state index is 13.2. The van der Waals surface area contributed by atoms with Gasteiger partial charge in [-0.3, -0.25) is 9.59 Å². The van der Waals surface area contributed by atoms with Crippen molar-refractivity contribution in [1.29, 1.82) is 0 Å². The van der Waals surface area contributed by atoms with Gasteiger partial charge in [0.25, 0.3) is 0 Å². The molecule has 1 aromatic carbocycles. The van der Waals surface area contributed by atoms with Crippen LogP contribution in [-0.4, -0.2) is 36.3 Å². The van der Waals surface area contributed by atoms with Crippen molar-refractivity contribution in [3.63, 3.8) is 0 Å². The van der Waals surface area contributed by atoms with Crippen LogP contribution < -0.4 is 5.32 Å². The summed E-state index contributed by atoms with van der Waals surface area (Å²) in [7, 11) is 0. The van der Waals surface area contributed by atoms with E-state index in [0.717, 1.165) is 11.1 Å². The quantitative estimate of drug-likeness (QED) is 0.818. The Bertz CT molecular complexity index is 600. The minimum absolute atomic E-state index is 0.0312. The van der Waals surface area contributed by atoms with Crippen molar-refractivity contribution in [2.24, 2.45) is 5.92 Å². The first-order valence-corrected chi connectivity index (χ1v) is 7.90. The molecule has 1 aliphatic heterocycles. The molecular formula is C18H23FN2O2. The first-order valence-electron chi connectivity index (χ1n) is 7.90. The number of nitrogens with one attached hydrogen (secondary N) is 1. The van der Waals surface area contributed by atoms with Crippen molar-refractivity contribution in [2.75, 3.05) is 19.6 Å². The molecule has 0 aliphatic carbocycles. The molecule has 124 valence electrons. The molecule has 0 radical (unpaired) electrons. The largest absolute Gasteiger partial charge is 0.352 e. The van der Waals surface area contributed by atoms with Crippen LogP contribution in [0.4, 0.5) is 4.39 Å². The number of carbonyl (C=O) groups is 2. The number of carbonyl (C=O) groups excluding carboxylic acids is 2. The van der Waals surface area contributed by atoms with E-state index in [1.54, 1.807) is 11.0 Å². The fourth-order valence-electron chi connectivity index (χ4n) is 2.68. The van der Waals surface area contributed by atoms with Gasteiger partial charge in [-0.2, -0.15) is 0 Å². The fourth-order valence-corrected chi connectivity index (χ4v) is 2.68. The Kier molecular flexibility index (Phi) is 5.90. The summed E-state index contributed by atoms with van der Waals surface area (Å²) in [5.41, 5.74) is 1.75. The Morgan fingerprint density at radius 1 is 1.48 bits per heavy atom. The van der Waals surface area contributed by atoms with Gasteiger partial charge < -0.3 is 10.2 Å². The zero-order valence-corrected chi connectivity index (χ0v) is 13.5. The second-order valence-corrected chi connectivity index (χ2v) is 6.13. The summed E-state index contributed by atoms with van der Waals surface area (Å²) < 4.78 is 13.2. The number of piperidine rings is 1. The number of likely N-dealkylation sites (tertiary alicyclic amines) is 1. The highest BCUT2D eigenvalue weighted by atomic mass is 19.1. The number of hydrogen-bond donors (Lipinski definition) is 1. The standard InChI is InChI=1S/C18H23FN2O2/c1-13(2)11-20-18(23)15-6-7-17(22)21(12-15)9-8-14-4-3-5-16(19)10-14/h3-5,10,15H,1,6-9,11-12H2,2H3,(H,20,23)/t15-/m0/s1. The lowest BCUT2D eigenvalue weighted by atomic mass is 9.96. The average Bonchev–Trinajstić information content (AvgIpc) is 2.52. The second kappa shape index (κ2) is 7.90. The van der Waals surface area contributed by atoms with E-state index in [1.807, 2.05) is 13.0 Å². The Balaban J connectivity index is 1.89. The van der Waals surface area contributed by atoms with Gasteiger partial charge in [-0.25, -0.2) is 4.39 Å². The summed E-state index contributed by atoms with van der Waals surface area (Å²) >= 11 is 0. The summed E-state index contributed by atoms with van der Waals surface area (Å²) in [4.78, 5) is 25.9. The third-order valence-electron chi connectivity index (χ3n) is 3.99. The van der Waals surface area contributed by atoms with Crippen molar-refractivity contribution in [1.82, 2.24) is 10.2 Å². The summed E-state index contributed by atoms with van der Waals surface area (Å²) in [5.74, 6) is -0.425. The van der Waals surface area contributed by atoms with Crippen LogP contribution in [0, 0.1) is 11.7 Å². The minimum Gasteiger partial charge on any atom is -0.352 e. The van der Waals surface area contributed by atoms with E-state index in [2.05, 4.69) is 11.9 Å². The van der Waals surface area contributed by atoms with E-state index in [-0.39, 0.29) is 23.5 Å². The lowest BCUT2D eigenvalue weighted by molar-refractivity contribution is -0.138. The molecule has 0 bridgehead atoms. The number of rotatable bonds is 6. The number of hydrogen-bond acceptors (Lipinski definition) is 2. The minimum atomic E-state index is -0.274. The zero-order valence-electron chi connectivity index (χ0n) is 13.5. The average molecular weight is 318 g/mol. The molecule has 5 heteroatoms. The van der Waals surface area contributed by atoms with Crippen LogP contribution in [0.5, 0.6) is 0 Å². The van der Waals surface area contributed by atoms with E-state index in [9.17, 15) is 14.0 Å². The van der Waals surface area contributed by atoms with Gasteiger partial charge in [-0.1, -0.05) is 24.3 Å². The van der Waals surface area contributed by atoms with Crippen molar-refractivity contribution in [3.05, 3.63) is 47.8 Å². The van der Waals surface area contributed by atoms with Crippen LogP contribution in [0.15, 0.2) is 36.4 Å². The topological polar surface area (TPSA) is 49.4 Å². The molecule has 1 saturated heterocycles. The maximum Gasteiger partial charge on any atom is 0.225 e. The molecule has 0 spiro atoms. The van der Waals surface area contributed by atoms with Crippen LogP contribution in [0.25, 0.3) is 0 Å². The third kappa shape index (κ3) is 5.20. The zero-order chi connectivity index (χ0) is 16.8. The summed E-state index contributed by atoms with van der Waals surface area (Å²) in [6, 6.07) is 6.38. The monoisotopic (exact) mass is 318 g/mol. The molecule has 0 aromatic heterocycles. The highest BCUT2D eigenvalue weighted by Gasteiger charge is 2.29. The van der Waals surface area contributed by atoms with Gasteiger partial charge in [0.15, 0.2) is 0 Å². The molecule has 0 unspecified atom stereocenters. The predicted molar refractivity (Wildman–Crippen MR) is 87.2 cm³/mol. The molecule has 1 fully saturated rings. The van der Waals surface area contributed by atoms with Crippen molar-refractivity contribution in [3.8, 4) is 0 Å². The van der Waals surface area contributed by atoms with E-state index >= 15 is 0 Å². The van der Waals surface area contributed by atoms with Gasteiger partial charge in [-0.15, -0.1) is 0 Å². The molecule has 2 amide bonds. The van der Waals surface area contributed by atoms with E-state index in [4.69, 9.17) is 0 Å².